The Labute approximate surface area is 123 Å². The first kappa shape index (κ1) is 14.2. The van der Waals surface area contributed by atoms with E-state index in [0.717, 1.165) is 22.7 Å². The van der Waals surface area contributed by atoms with E-state index in [0.29, 0.717) is 23.1 Å². The predicted octanol–water partition coefficient (Wildman–Crippen LogP) is 5.12. The van der Waals surface area contributed by atoms with Crippen LogP contribution in [-0.4, -0.2) is 12.3 Å². The molecule has 1 aromatic rings. The van der Waals surface area contributed by atoms with Gasteiger partial charge in [-0.15, -0.1) is 0 Å². The summed E-state index contributed by atoms with van der Waals surface area (Å²) in [4.78, 5) is 4.56. The van der Waals surface area contributed by atoms with E-state index in [1.807, 2.05) is 44.2 Å². The van der Waals surface area contributed by atoms with Crippen molar-refractivity contribution in [3.63, 3.8) is 0 Å². The molecule has 0 aromatic heterocycles. The summed E-state index contributed by atoms with van der Waals surface area (Å²) in [5.41, 5.74) is 2.72. The summed E-state index contributed by atoms with van der Waals surface area (Å²) in [5.74, 6) is 0.856. The van der Waals surface area contributed by atoms with Crippen LogP contribution in [0, 0.1) is 6.92 Å². The summed E-state index contributed by atoms with van der Waals surface area (Å²) in [6, 6.07) is 5.82. The molecule has 0 radical (unpaired) electrons. The second-order valence-corrected chi connectivity index (χ2v) is 5.25. The van der Waals surface area contributed by atoms with Crippen molar-refractivity contribution in [2.75, 3.05) is 6.61 Å². The lowest BCUT2D eigenvalue weighted by molar-refractivity contribution is 0.340. The minimum absolute atomic E-state index is 0.588. The highest BCUT2D eigenvalue weighted by molar-refractivity contribution is 6.38. The van der Waals surface area contributed by atoms with E-state index in [1.165, 1.54) is 0 Å². The van der Waals surface area contributed by atoms with E-state index >= 15 is 0 Å². The fourth-order valence-corrected chi connectivity index (χ4v) is 2.42. The predicted molar refractivity (Wildman–Crippen MR) is 81.9 cm³/mol. The molecule has 0 fully saturated rings. The molecule has 1 aromatic carbocycles. The summed E-state index contributed by atoms with van der Waals surface area (Å²) >= 11 is 12.0. The zero-order valence-electron chi connectivity index (χ0n) is 10.9. The van der Waals surface area contributed by atoms with E-state index in [-0.39, 0.29) is 0 Å². The molecule has 4 heteroatoms. The minimum Gasteiger partial charge on any atom is -0.494 e. The Hall–Kier alpha value is -1.25. The molecule has 0 amide bonds. The molecule has 0 saturated carbocycles. The maximum absolute atomic E-state index is 6.01. The summed E-state index contributed by atoms with van der Waals surface area (Å²) < 4.78 is 5.45. The van der Waals surface area contributed by atoms with E-state index < -0.39 is 0 Å². The van der Waals surface area contributed by atoms with Crippen molar-refractivity contribution >= 4 is 34.6 Å². The van der Waals surface area contributed by atoms with Gasteiger partial charge < -0.3 is 4.74 Å². The number of nitrogens with zero attached hydrogens (tertiary/aromatic N) is 1. The number of hydrogen-bond donors (Lipinski definition) is 0. The number of hydrogen-bond acceptors (Lipinski definition) is 2. The van der Waals surface area contributed by atoms with Gasteiger partial charge in [-0.3, -0.25) is 0 Å². The van der Waals surface area contributed by atoms with Crippen LogP contribution in [-0.2, 0) is 0 Å². The van der Waals surface area contributed by atoms with Crippen LogP contribution in [0.1, 0.15) is 18.9 Å². The molecule has 1 aliphatic rings. The monoisotopic (exact) mass is 295 g/mol. The Bertz CT molecular complexity index is 554. The van der Waals surface area contributed by atoms with E-state index in [1.54, 1.807) is 0 Å². The van der Waals surface area contributed by atoms with Crippen LogP contribution in [0.15, 0.2) is 45.4 Å². The fourth-order valence-electron chi connectivity index (χ4n) is 1.84. The molecular formula is C15H15Cl2NO. The van der Waals surface area contributed by atoms with Gasteiger partial charge >= 0.3 is 0 Å². The van der Waals surface area contributed by atoms with Gasteiger partial charge in [0, 0.05) is 16.5 Å². The van der Waals surface area contributed by atoms with Crippen molar-refractivity contribution in [2.24, 2.45) is 4.99 Å². The average molecular weight is 296 g/mol. The Kier molecular flexibility index (Phi) is 4.67. The van der Waals surface area contributed by atoms with Crippen LogP contribution in [0.4, 0.5) is 5.69 Å². The molecule has 2 rings (SSSR count). The number of allylic oxidation sites excluding steroid dienone is 4. The number of aryl methyl sites for hydroxylation is 1. The van der Waals surface area contributed by atoms with Gasteiger partial charge in [-0.2, -0.15) is 0 Å². The van der Waals surface area contributed by atoms with Crippen LogP contribution in [0.25, 0.3) is 0 Å². The van der Waals surface area contributed by atoms with Gasteiger partial charge in [0.2, 0.25) is 0 Å². The standard InChI is InChI=1S/C15H15Cl2NO/c1-3-19-14-4-5-15(10(2)6-14)18-13-8-11(16)7-12(17)9-13/h4-6,8-9H,3,7H2,1-2H3. The normalized spacial score (nSPS) is 14.8. The van der Waals surface area contributed by atoms with Gasteiger partial charge in [-0.05, 0) is 49.8 Å². The summed E-state index contributed by atoms with van der Waals surface area (Å²) in [6.45, 7) is 4.62. The molecule has 0 atom stereocenters. The zero-order valence-corrected chi connectivity index (χ0v) is 12.4. The highest BCUT2D eigenvalue weighted by Crippen LogP contribution is 2.27. The second kappa shape index (κ2) is 6.27. The molecule has 0 N–H and O–H groups in total. The third-order valence-corrected chi connectivity index (χ3v) is 3.16. The van der Waals surface area contributed by atoms with Gasteiger partial charge in [0.25, 0.3) is 0 Å². The Morgan fingerprint density at radius 1 is 1.21 bits per heavy atom. The lowest BCUT2D eigenvalue weighted by Crippen LogP contribution is -1.97. The van der Waals surface area contributed by atoms with Crippen molar-refractivity contribution in [3.8, 4) is 5.75 Å². The largest absolute Gasteiger partial charge is 0.494 e. The molecule has 100 valence electrons. The summed E-state index contributed by atoms with van der Waals surface area (Å²) in [7, 11) is 0. The zero-order chi connectivity index (χ0) is 13.8. The van der Waals surface area contributed by atoms with Crippen molar-refractivity contribution in [2.45, 2.75) is 20.3 Å². The van der Waals surface area contributed by atoms with Gasteiger partial charge in [0.15, 0.2) is 0 Å². The van der Waals surface area contributed by atoms with Crippen molar-refractivity contribution in [1.82, 2.24) is 0 Å². The molecule has 0 saturated heterocycles. The maximum Gasteiger partial charge on any atom is 0.119 e. The molecule has 0 bridgehead atoms. The van der Waals surface area contributed by atoms with Gasteiger partial charge in [0.05, 0.1) is 18.0 Å². The average Bonchev–Trinajstić information content (AvgIpc) is 2.32. The molecule has 2 nitrogen and oxygen atoms in total. The number of halogens is 2. The minimum atomic E-state index is 0.588. The van der Waals surface area contributed by atoms with Crippen LogP contribution in [0.3, 0.4) is 0 Å². The third kappa shape index (κ3) is 3.85. The van der Waals surface area contributed by atoms with Gasteiger partial charge in [-0.1, -0.05) is 23.2 Å². The van der Waals surface area contributed by atoms with E-state index in [2.05, 4.69) is 4.99 Å². The molecule has 0 aliphatic heterocycles. The first-order valence-corrected chi connectivity index (χ1v) is 6.88. The van der Waals surface area contributed by atoms with Crippen molar-refractivity contribution in [3.05, 3.63) is 46.0 Å². The van der Waals surface area contributed by atoms with E-state index in [4.69, 9.17) is 27.9 Å². The lowest BCUT2D eigenvalue weighted by atomic mass is 10.1. The highest BCUT2D eigenvalue weighted by Gasteiger charge is 2.08. The van der Waals surface area contributed by atoms with Gasteiger partial charge in [-0.25, -0.2) is 4.99 Å². The smallest absolute Gasteiger partial charge is 0.119 e. The lowest BCUT2D eigenvalue weighted by Gasteiger charge is -2.09. The highest BCUT2D eigenvalue weighted by atomic mass is 35.5. The fraction of sp³-hybridized carbons (Fsp3) is 0.267. The van der Waals surface area contributed by atoms with Crippen LogP contribution >= 0.6 is 23.2 Å². The maximum atomic E-state index is 6.01. The van der Waals surface area contributed by atoms with Crippen LogP contribution in [0.5, 0.6) is 5.75 Å². The molecule has 0 unspecified atom stereocenters. The number of rotatable bonds is 3. The van der Waals surface area contributed by atoms with Crippen molar-refractivity contribution < 1.29 is 4.74 Å². The summed E-state index contributed by atoms with van der Waals surface area (Å²) in [6.07, 6.45) is 4.26. The Morgan fingerprint density at radius 3 is 2.47 bits per heavy atom. The van der Waals surface area contributed by atoms with Crippen LogP contribution < -0.4 is 4.74 Å². The van der Waals surface area contributed by atoms with Crippen molar-refractivity contribution in [1.29, 1.82) is 0 Å². The quantitative estimate of drug-likeness (QED) is 0.759. The molecule has 1 aliphatic carbocycles. The molecule has 19 heavy (non-hydrogen) atoms. The SMILES string of the molecule is CCOc1ccc(N=C2C=C(Cl)CC(Cl)=C2)c(C)c1. The Balaban J connectivity index is 2.30. The first-order chi connectivity index (χ1) is 9.08. The first-order valence-electron chi connectivity index (χ1n) is 6.12. The molecule has 0 spiro atoms. The number of benzene rings is 1. The number of ether oxygens (including phenoxy) is 1. The third-order valence-electron chi connectivity index (χ3n) is 2.68. The second-order valence-electron chi connectivity index (χ2n) is 4.28. The molecule has 0 heterocycles. The Morgan fingerprint density at radius 2 is 1.89 bits per heavy atom. The molecular weight excluding hydrogens is 281 g/mol. The van der Waals surface area contributed by atoms with E-state index in [9.17, 15) is 0 Å². The summed E-state index contributed by atoms with van der Waals surface area (Å²) in [5, 5.41) is 1.41. The topological polar surface area (TPSA) is 21.6 Å². The van der Waals surface area contributed by atoms with Crippen LogP contribution in [0.2, 0.25) is 0 Å². The van der Waals surface area contributed by atoms with Gasteiger partial charge in [0.1, 0.15) is 5.75 Å². The number of aliphatic imine (C=N–C) groups is 1.